The van der Waals surface area contributed by atoms with Crippen molar-refractivity contribution in [3.05, 3.63) is 60.2 Å². The molecule has 0 aliphatic heterocycles. The smallest absolute Gasteiger partial charge is 0.321 e. The fourth-order valence-electron chi connectivity index (χ4n) is 3.09. The van der Waals surface area contributed by atoms with E-state index >= 15 is 0 Å². The van der Waals surface area contributed by atoms with Crippen LogP contribution in [0, 0.1) is 0 Å². The van der Waals surface area contributed by atoms with E-state index in [1.54, 1.807) is 7.11 Å². The molecule has 2 N–H and O–H groups in total. The van der Waals surface area contributed by atoms with Gasteiger partial charge < -0.3 is 14.6 Å². The van der Waals surface area contributed by atoms with Crippen LogP contribution in [-0.2, 0) is 17.8 Å². The van der Waals surface area contributed by atoms with Gasteiger partial charge in [-0.1, -0.05) is 61.2 Å². The van der Waals surface area contributed by atoms with Gasteiger partial charge in [0.25, 0.3) is 0 Å². The number of amides is 3. The number of nitrogens with zero attached hydrogens (tertiary/aromatic N) is 3. The van der Waals surface area contributed by atoms with E-state index in [-0.39, 0.29) is 11.7 Å². The number of aryl methyl sites for hydroxylation is 1. The van der Waals surface area contributed by atoms with Crippen LogP contribution < -0.4 is 15.4 Å². The molecule has 0 bridgehead atoms. The summed E-state index contributed by atoms with van der Waals surface area (Å²) in [5, 5.41) is 14.3. The molecule has 3 aromatic rings. The number of carbonyl (C=O) groups is 2. The maximum atomic E-state index is 12.2. The molecule has 0 aliphatic rings. The Hall–Kier alpha value is -3.33. The van der Waals surface area contributed by atoms with E-state index in [0.717, 1.165) is 18.4 Å². The lowest BCUT2D eigenvalue weighted by Gasteiger charge is -2.12. The second-order valence-electron chi connectivity index (χ2n) is 6.99. The van der Waals surface area contributed by atoms with Crippen LogP contribution in [0.1, 0.15) is 18.9 Å². The topological polar surface area (TPSA) is 98.1 Å². The number of nitrogens with one attached hydrogen (secondary N) is 2. The summed E-state index contributed by atoms with van der Waals surface area (Å²) >= 11 is 1.24. The average Bonchev–Trinajstić information content (AvgIpc) is 3.23. The molecule has 3 rings (SSSR count). The zero-order chi connectivity index (χ0) is 22.8. The third kappa shape index (κ3) is 6.34. The van der Waals surface area contributed by atoms with Crippen molar-refractivity contribution >= 4 is 23.7 Å². The summed E-state index contributed by atoms with van der Waals surface area (Å²) in [6, 6.07) is 17.3. The van der Waals surface area contributed by atoms with Crippen LogP contribution in [-0.4, -0.2) is 46.1 Å². The Kier molecular flexibility index (Phi) is 8.68. The van der Waals surface area contributed by atoms with E-state index in [0.29, 0.717) is 29.8 Å². The standard InChI is InChI=1S/C23H27N5O3S/c1-3-14-24-22(30)25-20(29)16-32-23-27-26-21(18-11-7-8-12-19(18)31-2)28(23)15-13-17-9-5-4-6-10-17/h4-12H,3,13-16H2,1-2H3,(H2,24,25,29,30). The first-order valence-electron chi connectivity index (χ1n) is 10.4. The minimum atomic E-state index is -0.488. The lowest BCUT2D eigenvalue weighted by atomic mass is 10.1. The Balaban J connectivity index is 1.78. The van der Waals surface area contributed by atoms with Gasteiger partial charge in [-0.3, -0.25) is 10.1 Å². The maximum Gasteiger partial charge on any atom is 0.321 e. The van der Waals surface area contributed by atoms with Gasteiger partial charge in [0.15, 0.2) is 11.0 Å². The number of hydrogen-bond acceptors (Lipinski definition) is 6. The van der Waals surface area contributed by atoms with Crippen molar-refractivity contribution in [3.63, 3.8) is 0 Å². The fourth-order valence-corrected chi connectivity index (χ4v) is 3.85. The van der Waals surface area contributed by atoms with Crippen molar-refractivity contribution in [1.82, 2.24) is 25.4 Å². The predicted molar refractivity (Wildman–Crippen MR) is 125 cm³/mol. The predicted octanol–water partition coefficient (Wildman–Crippen LogP) is 3.52. The summed E-state index contributed by atoms with van der Waals surface area (Å²) in [4.78, 5) is 23.9. The zero-order valence-corrected chi connectivity index (χ0v) is 19.0. The third-order valence-electron chi connectivity index (χ3n) is 4.65. The summed E-state index contributed by atoms with van der Waals surface area (Å²) in [5.41, 5.74) is 2.01. The number of methoxy groups -OCH3 is 1. The van der Waals surface area contributed by atoms with Crippen molar-refractivity contribution in [1.29, 1.82) is 0 Å². The highest BCUT2D eigenvalue weighted by molar-refractivity contribution is 7.99. The molecule has 2 aromatic carbocycles. The summed E-state index contributed by atoms with van der Waals surface area (Å²) in [6.07, 6.45) is 1.58. The Morgan fingerprint density at radius 3 is 2.56 bits per heavy atom. The molecule has 1 aromatic heterocycles. The molecule has 0 unspecified atom stereocenters. The Bertz CT molecular complexity index is 1040. The highest BCUT2D eigenvalue weighted by Crippen LogP contribution is 2.31. The van der Waals surface area contributed by atoms with Gasteiger partial charge in [-0.2, -0.15) is 0 Å². The van der Waals surface area contributed by atoms with Crippen LogP contribution in [0.4, 0.5) is 4.79 Å². The number of para-hydroxylation sites is 1. The van der Waals surface area contributed by atoms with Crippen LogP contribution >= 0.6 is 11.8 Å². The van der Waals surface area contributed by atoms with Gasteiger partial charge in [-0.15, -0.1) is 10.2 Å². The van der Waals surface area contributed by atoms with E-state index in [1.165, 1.54) is 17.3 Å². The van der Waals surface area contributed by atoms with Gasteiger partial charge in [-0.05, 0) is 30.5 Å². The highest BCUT2D eigenvalue weighted by Gasteiger charge is 2.19. The molecule has 0 aliphatic carbocycles. The van der Waals surface area contributed by atoms with Gasteiger partial charge in [0.1, 0.15) is 5.75 Å². The lowest BCUT2D eigenvalue weighted by Crippen LogP contribution is -2.40. The van der Waals surface area contributed by atoms with E-state index in [2.05, 4.69) is 33.0 Å². The quantitative estimate of drug-likeness (QED) is 0.456. The Morgan fingerprint density at radius 2 is 1.81 bits per heavy atom. The molecular weight excluding hydrogens is 426 g/mol. The first-order valence-corrected chi connectivity index (χ1v) is 11.4. The largest absolute Gasteiger partial charge is 0.496 e. The zero-order valence-electron chi connectivity index (χ0n) is 18.2. The van der Waals surface area contributed by atoms with Gasteiger partial charge in [0.05, 0.1) is 18.4 Å². The van der Waals surface area contributed by atoms with Crippen molar-refractivity contribution < 1.29 is 14.3 Å². The number of rotatable bonds is 10. The van der Waals surface area contributed by atoms with E-state index < -0.39 is 6.03 Å². The number of aromatic nitrogens is 3. The maximum absolute atomic E-state index is 12.2. The SMILES string of the molecule is CCCNC(=O)NC(=O)CSc1nnc(-c2ccccc2OC)n1CCc1ccccc1. The summed E-state index contributed by atoms with van der Waals surface area (Å²) in [5.74, 6) is 1.03. The van der Waals surface area contributed by atoms with Gasteiger partial charge in [-0.25, -0.2) is 4.79 Å². The van der Waals surface area contributed by atoms with Crippen molar-refractivity contribution in [2.45, 2.75) is 31.5 Å². The molecule has 0 spiro atoms. The molecule has 0 saturated heterocycles. The van der Waals surface area contributed by atoms with Crippen LogP contribution in [0.25, 0.3) is 11.4 Å². The first kappa shape index (κ1) is 23.3. The van der Waals surface area contributed by atoms with Crippen molar-refractivity contribution in [3.8, 4) is 17.1 Å². The van der Waals surface area contributed by atoms with Gasteiger partial charge >= 0.3 is 6.03 Å². The summed E-state index contributed by atoms with van der Waals surface area (Å²) in [7, 11) is 1.62. The highest BCUT2D eigenvalue weighted by atomic mass is 32.2. The molecule has 0 atom stereocenters. The van der Waals surface area contributed by atoms with Crippen molar-refractivity contribution in [2.75, 3.05) is 19.4 Å². The minimum Gasteiger partial charge on any atom is -0.496 e. The molecule has 9 heteroatoms. The second-order valence-corrected chi connectivity index (χ2v) is 7.93. The molecule has 1 heterocycles. The Morgan fingerprint density at radius 1 is 1.06 bits per heavy atom. The van der Waals surface area contributed by atoms with Crippen molar-refractivity contribution in [2.24, 2.45) is 0 Å². The second kappa shape index (κ2) is 11.9. The number of thioether (sulfide) groups is 1. The van der Waals surface area contributed by atoms with Crippen LogP contribution in [0.15, 0.2) is 59.8 Å². The molecule has 0 saturated carbocycles. The number of imide groups is 1. The van der Waals surface area contributed by atoms with Gasteiger partial charge in [0, 0.05) is 13.1 Å². The third-order valence-corrected chi connectivity index (χ3v) is 5.62. The van der Waals surface area contributed by atoms with E-state index in [1.807, 2.05) is 54.0 Å². The number of ether oxygens (including phenoxy) is 1. The van der Waals surface area contributed by atoms with Crippen LogP contribution in [0.2, 0.25) is 0 Å². The minimum absolute atomic E-state index is 0.0505. The molecule has 168 valence electrons. The lowest BCUT2D eigenvalue weighted by molar-refractivity contribution is -0.117. The Labute approximate surface area is 191 Å². The van der Waals surface area contributed by atoms with Crippen LogP contribution in [0.3, 0.4) is 0 Å². The average molecular weight is 454 g/mol. The van der Waals surface area contributed by atoms with Gasteiger partial charge in [0.2, 0.25) is 5.91 Å². The van der Waals surface area contributed by atoms with E-state index in [9.17, 15) is 9.59 Å². The fraction of sp³-hybridized carbons (Fsp3) is 0.304. The number of urea groups is 1. The molecular formula is C23H27N5O3S. The molecule has 0 fully saturated rings. The number of benzene rings is 2. The monoisotopic (exact) mass is 453 g/mol. The van der Waals surface area contributed by atoms with Crippen LogP contribution in [0.5, 0.6) is 5.75 Å². The first-order chi connectivity index (χ1) is 15.6. The van der Waals surface area contributed by atoms with E-state index in [4.69, 9.17) is 4.74 Å². The molecule has 32 heavy (non-hydrogen) atoms. The molecule has 8 nitrogen and oxygen atoms in total. The normalized spacial score (nSPS) is 10.6. The molecule has 0 radical (unpaired) electrons. The number of hydrogen-bond donors (Lipinski definition) is 2. The molecule has 3 amide bonds. The summed E-state index contributed by atoms with van der Waals surface area (Å²) < 4.78 is 7.49. The summed E-state index contributed by atoms with van der Waals surface area (Å²) in [6.45, 7) is 3.09. The number of carbonyl (C=O) groups excluding carboxylic acids is 2.